The van der Waals surface area contributed by atoms with Crippen molar-refractivity contribution >= 4 is 23.1 Å². The fourth-order valence-corrected chi connectivity index (χ4v) is 3.31. The van der Waals surface area contributed by atoms with Crippen LogP contribution in [0.15, 0.2) is 24.3 Å². The highest BCUT2D eigenvalue weighted by Crippen LogP contribution is 2.40. The molecule has 0 aliphatic heterocycles. The molecule has 1 heterocycles. The first kappa shape index (κ1) is 16.7. The van der Waals surface area contributed by atoms with Crippen molar-refractivity contribution in [1.82, 2.24) is 9.97 Å². The molecule has 2 aliphatic carbocycles. The second-order valence-electron chi connectivity index (χ2n) is 6.95. The molecule has 7 nitrogen and oxygen atoms in total. The highest BCUT2D eigenvalue weighted by Gasteiger charge is 2.27. The summed E-state index contributed by atoms with van der Waals surface area (Å²) in [5, 5.41) is 17.4. The van der Waals surface area contributed by atoms with Gasteiger partial charge in [0, 0.05) is 29.8 Å². The zero-order valence-electron chi connectivity index (χ0n) is 14.2. The summed E-state index contributed by atoms with van der Waals surface area (Å²) < 4.78 is 13.5. The van der Waals surface area contributed by atoms with Gasteiger partial charge < -0.3 is 10.6 Å². The van der Waals surface area contributed by atoms with Gasteiger partial charge in [0.25, 0.3) is 0 Å². The van der Waals surface area contributed by atoms with Gasteiger partial charge in [-0.25, -0.2) is 4.98 Å². The number of nitrogens with one attached hydrogen (secondary N) is 2. The van der Waals surface area contributed by atoms with E-state index in [4.69, 9.17) is 0 Å². The van der Waals surface area contributed by atoms with E-state index in [1.807, 2.05) is 6.07 Å². The summed E-state index contributed by atoms with van der Waals surface area (Å²) in [6.45, 7) is 0. The Morgan fingerprint density at radius 1 is 1.12 bits per heavy atom. The van der Waals surface area contributed by atoms with E-state index in [1.165, 1.54) is 25.0 Å². The minimum atomic E-state index is -0.856. The molecule has 1 aromatic heterocycles. The Bertz CT molecular complexity index is 834. The van der Waals surface area contributed by atoms with Gasteiger partial charge in [0.2, 0.25) is 11.8 Å². The zero-order chi connectivity index (χ0) is 18.1. The van der Waals surface area contributed by atoms with E-state index in [0.717, 1.165) is 37.4 Å². The number of rotatable bonds is 6. The number of nitro benzene ring substituents is 1. The maximum atomic E-state index is 13.5. The van der Waals surface area contributed by atoms with Crippen LogP contribution in [0.1, 0.15) is 50.1 Å². The van der Waals surface area contributed by atoms with E-state index in [0.29, 0.717) is 29.4 Å². The number of hydrogen-bond donors (Lipinski definition) is 2. The normalized spacial score (nSPS) is 17.3. The van der Waals surface area contributed by atoms with E-state index < -0.39 is 16.4 Å². The van der Waals surface area contributed by atoms with Crippen LogP contribution in [0.3, 0.4) is 0 Å². The minimum absolute atomic E-state index is 0.393. The molecule has 2 aromatic rings. The van der Waals surface area contributed by atoms with Crippen LogP contribution in [0.25, 0.3) is 0 Å². The Balaban J connectivity index is 1.59. The molecule has 2 saturated carbocycles. The summed E-state index contributed by atoms with van der Waals surface area (Å²) in [5.74, 6) is 0.736. The fraction of sp³-hybridized carbons (Fsp3) is 0.444. The standard InChI is InChI=1S/C18H20FN5O2/c19-14-8-7-13(9-16(14)24(25)26)20-17-10-15(11-5-6-11)22-18(23-17)21-12-3-1-2-4-12/h7-12H,1-6H2,(H2,20,21,22,23). The van der Waals surface area contributed by atoms with Gasteiger partial charge >= 0.3 is 5.69 Å². The van der Waals surface area contributed by atoms with Gasteiger partial charge in [-0.05, 0) is 37.8 Å². The van der Waals surface area contributed by atoms with Crippen LogP contribution >= 0.6 is 0 Å². The lowest BCUT2D eigenvalue weighted by Crippen LogP contribution is -2.17. The topological polar surface area (TPSA) is 93.0 Å². The van der Waals surface area contributed by atoms with Crippen LogP contribution in [-0.2, 0) is 0 Å². The average molecular weight is 357 g/mol. The van der Waals surface area contributed by atoms with E-state index in [-0.39, 0.29) is 0 Å². The number of aromatic nitrogens is 2. The molecule has 0 spiro atoms. The maximum Gasteiger partial charge on any atom is 0.306 e. The first-order valence-corrected chi connectivity index (χ1v) is 8.95. The first-order valence-electron chi connectivity index (χ1n) is 8.95. The fourth-order valence-electron chi connectivity index (χ4n) is 3.31. The Hall–Kier alpha value is -2.77. The average Bonchev–Trinajstić information content (AvgIpc) is 3.34. The Labute approximate surface area is 150 Å². The number of hydrogen-bond acceptors (Lipinski definition) is 6. The van der Waals surface area contributed by atoms with E-state index in [2.05, 4.69) is 20.6 Å². The predicted molar refractivity (Wildman–Crippen MR) is 96.2 cm³/mol. The summed E-state index contributed by atoms with van der Waals surface area (Å²) in [6, 6.07) is 5.99. The quantitative estimate of drug-likeness (QED) is 0.584. The number of anilines is 3. The molecule has 0 bridgehead atoms. The van der Waals surface area contributed by atoms with Crippen molar-refractivity contribution in [2.75, 3.05) is 10.6 Å². The SMILES string of the molecule is O=[N+]([O-])c1cc(Nc2cc(C3CC3)nc(NC3CCCC3)n2)ccc1F. The molecule has 4 rings (SSSR count). The summed E-state index contributed by atoms with van der Waals surface area (Å²) in [7, 11) is 0. The lowest BCUT2D eigenvalue weighted by atomic mass is 10.2. The summed E-state index contributed by atoms with van der Waals surface area (Å²) in [4.78, 5) is 19.3. The van der Waals surface area contributed by atoms with Crippen molar-refractivity contribution in [1.29, 1.82) is 0 Å². The zero-order valence-corrected chi connectivity index (χ0v) is 14.2. The van der Waals surface area contributed by atoms with Crippen LogP contribution < -0.4 is 10.6 Å². The molecular formula is C18H20FN5O2. The van der Waals surface area contributed by atoms with Crippen molar-refractivity contribution in [2.24, 2.45) is 0 Å². The third kappa shape index (κ3) is 3.74. The van der Waals surface area contributed by atoms with E-state index in [1.54, 1.807) is 0 Å². The van der Waals surface area contributed by atoms with Crippen LogP contribution in [0.5, 0.6) is 0 Å². The Kier molecular flexibility index (Phi) is 4.40. The number of benzene rings is 1. The van der Waals surface area contributed by atoms with Crippen molar-refractivity contribution < 1.29 is 9.31 Å². The predicted octanol–water partition coefficient (Wildman–Crippen LogP) is 4.50. The first-order chi connectivity index (χ1) is 12.6. The van der Waals surface area contributed by atoms with Gasteiger partial charge in [0.05, 0.1) is 10.6 Å². The lowest BCUT2D eigenvalue weighted by molar-refractivity contribution is -0.387. The monoisotopic (exact) mass is 357 g/mol. The smallest absolute Gasteiger partial charge is 0.306 e. The molecular weight excluding hydrogens is 337 g/mol. The number of nitrogens with zero attached hydrogens (tertiary/aromatic N) is 3. The molecule has 2 aliphatic rings. The Morgan fingerprint density at radius 2 is 1.88 bits per heavy atom. The van der Waals surface area contributed by atoms with E-state index in [9.17, 15) is 14.5 Å². The van der Waals surface area contributed by atoms with Crippen molar-refractivity contribution in [2.45, 2.75) is 50.5 Å². The highest BCUT2D eigenvalue weighted by molar-refractivity contribution is 5.61. The lowest BCUT2D eigenvalue weighted by Gasteiger charge is -2.14. The molecule has 136 valence electrons. The van der Waals surface area contributed by atoms with Gasteiger partial charge in [-0.15, -0.1) is 0 Å². The molecule has 1 aromatic carbocycles. The van der Waals surface area contributed by atoms with Crippen molar-refractivity contribution in [3.8, 4) is 0 Å². The summed E-state index contributed by atoms with van der Waals surface area (Å²) in [6.07, 6.45) is 6.88. The molecule has 0 saturated heterocycles. The largest absolute Gasteiger partial charge is 0.351 e. The maximum absolute atomic E-state index is 13.5. The minimum Gasteiger partial charge on any atom is -0.351 e. The number of halogens is 1. The van der Waals surface area contributed by atoms with Gasteiger partial charge in [-0.3, -0.25) is 10.1 Å². The van der Waals surface area contributed by atoms with Gasteiger partial charge in [-0.1, -0.05) is 12.8 Å². The molecule has 2 N–H and O–H groups in total. The molecule has 8 heteroatoms. The summed E-state index contributed by atoms with van der Waals surface area (Å²) >= 11 is 0. The molecule has 0 radical (unpaired) electrons. The van der Waals surface area contributed by atoms with Crippen molar-refractivity contribution in [3.05, 3.63) is 45.9 Å². The molecule has 2 fully saturated rings. The highest BCUT2D eigenvalue weighted by atomic mass is 19.1. The molecule has 0 atom stereocenters. The van der Waals surface area contributed by atoms with Gasteiger partial charge in [0.1, 0.15) is 5.82 Å². The van der Waals surface area contributed by atoms with Crippen molar-refractivity contribution in [3.63, 3.8) is 0 Å². The Morgan fingerprint density at radius 3 is 2.58 bits per heavy atom. The van der Waals surface area contributed by atoms with Gasteiger partial charge in [-0.2, -0.15) is 9.37 Å². The third-order valence-electron chi connectivity index (χ3n) is 4.85. The summed E-state index contributed by atoms with van der Waals surface area (Å²) in [5.41, 5.74) is 0.834. The van der Waals surface area contributed by atoms with Crippen LogP contribution in [0.2, 0.25) is 0 Å². The van der Waals surface area contributed by atoms with Gasteiger partial charge in [0.15, 0.2) is 0 Å². The van der Waals surface area contributed by atoms with Crippen LogP contribution in [0.4, 0.5) is 27.5 Å². The van der Waals surface area contributed by atoms with Crippen LogP contribution in [-0.4, -0.2) is 20.9 Å². The molecule has 0 unspecified atom stereocenters. The molecule has 0 amide bonds. The second kappa shape index (κ2) is 6.86. The molecule has 26 heavy (non-hydrogen) atoms. The van der Waals surface area contributed by atoms with E-state index >= 15 is 0 Å². The third-order valence-corrected chi connectivity index (χ3v) is 4.85. The second-order valence-corrected chi connectivity index (χ2v) is 6.95. The number of nitro groups is 1. The van der Waals surface area contributed by atoms with Crippen LogP contribution in [0, 0.1) is 15.9 Å².